The molecule has 0 fully saturated rings. The number of aliphatic imine (C=N–C) groups is 1. The molecule has 1 atom stereocenters. The van der Waals surface area contributed by atoms with Crippen LogP contribution in [0.2, 0.25) is 0 Å². The molecular formula is C19H25N3O2. The van der Waals surface area contributed by atoms with Gasteiger partial charge in [0.05, 0.1) is 13.7 Å². The molecule has 0 spiro atoms. The van der Waals surface area contributed by atoms with Crippen LogP contribution in [0.1, 0.15) is 18.1 Å². The van der Waals surface area contributed by atoms with Crippen molar-refractivity contribution in [3.8, 4) is 11.5 Å². The first-order chi connectivity index (χ1) is 11.5. The van der Waals surface area contributed by atoms with Crippen molar-refractivity contribution < 1.29 is 9.47 Å². The molecule has 1 unspecified atom stereocenters. The van der Waals surface area contributed by atoms with Crippen molar-refractivity contribution >= 4 is 11.6 Å². The van der Waals surface area contributed by atoms with Crippen molar-refractivity contribution in [2.45, 2.75) is 26.9 Å². The lowest BCUT2D eigenvalue weighted by Gasteiger charge is -2.14. The van der Waals surface area contributed by atoms with Gasteiger partial charge in [0.2, 0.25) is 0 Å². The predicted molar refractivity (Wildman–Crippen MR) is 99.1 cm³/mol. The molecule has 0 amide bonds. The second-order valence-corrected chi connectivity index (χ2v) is 5.83. The minimum atomic E-state index is -0.0852. The quantitative estimate of drug-likeness (QED) is 0.629. The molecular weight excluding hydrogens is 302 g/mol. The summed E-state index contributed by atoms with van der Waals surface area (Å²) in [5.41, 5.74) is 9.26. The van der Waals surface area contributed by atoms with Crippen LogP contribution in [0.15, 0.2) is 47.5 Å². The molecule has 24 heavy (non-hydrogen) atoms. The summed E-state index contributed by atoms with van der Waals surface area (Å²) in [6, 6.07) is 13.7. The van der Waals surface area contributed by atoms with E-state index < -0.39 is 0 Å². The van der Waals surface area contributed by atoms with Crippen molar-refractivity contribution in [2.75, 3.05) is 19.0 Å². The molecule has 0 radical (unpaired) electrons. The Hall–Kier alpha value is -2.69. The van der Waals surface area contributed by atoms with Gasteiger partial charge in [-0.3, -0.25) is 0 Å². The van der Waals surface area contributed by atoms with Crippen LogP contribution in [0.4, 0.5) is 5.69 Å². The summed E-state index contributed by atoms with van der Waals surface area (Å²) >= 11 is 0. The average molecular weight is 327 g/mol. The summed E-state index contributed by atoms with van der Waals surface area (Å²) < 4.78 is 10.9. The third kappa shape index (κ3) is 5.50. The van der Waals surface area contributed by atoms with Crippen LogP contribution < -0.4 is 20.5 Å². The van der Waals surface area contributed by atoms with Gasteiger partial charge in [-0.1, -0.05) is 6.07 Å². The number of ether oxygens (including phenoxy) is 2. The first-order valence-corrected chi connectivity index (χ1v) is 7.92. The zero-order valence-corrected chi connectivity index (χ0v) is 14.7. The molecule has 2 rings (SSSR count). The van der Waals surface area contributed by atoms with Gasteiger partial charge in [0.1, 0.15) is 17.6 Å². The molecule has 0 aliphatic rings. The molecule has 0 aromatic heterocycles. The highest BCUT2D eigenvalue weighted by molar-refractivity contribution is 5.92. The van der Waals surface area contributed by atoms with E-state index in [0.717, 1.165) is 17.2 Å². The van der Waals surface area contributed by atoms with Gasteiger partial charge in [-0.25, -0.2) is 4.99 Å². The molecule has 5 heteroatoms. The number of methoxy groups -OCH3 is 1. The Morgan fingerprint density at radius 1 is 1.08 bits per heavy atom. The van der Waals surface area contributed by atoms with Gasteiger partial charge in [0, 0.05) is 5.69 Å². The number of hydrogen-bond donors (Lipinski definition) is 2. The molecule has 0 saturated heterocycles. The average Bonchev–Trinajstić information content (AvgIpc) is 2.53. The van der Waals surface area contributed by atoms with Crippen LogP contribution in [0.5, 0.6) is 11.5 Å². The molecule has 0 aliphatic heterocycles. The molecule has 2 aromatic carbocycles. The lowest BCUT2D eigenvalue weighted by Crippen LogP contribution is -2.25. The number of guanidine groups is 1. The first-order valence-electron chi connectivity index (χ1n) is 7.92. The molecule has 0 aliphatic carbocycles. The van der Waals surface area contributed by atoms with Gasteiger partial charge >= 0.3 is 0 Å². The lowest BCUT2D eigenvalue weighted by atomic mass is 10.1. The maximum Gasteiger partial charge on any atom is 0.193 e. The van der Waals surface area contributed by atoms with Gasteiger partial charge < -0.3 is 20.5 Å². The van der Waals surface area contributed by atoms with Crippen molar-refractivity contribution in [3.05, 3.63) is 53.6 Å². The number of benzene rings is 2. The number of rotatable bonds is 6. The van der Waals surface area contributed by atoms with Crippen LogP contribution >= 0.6 is 0 Å². The maximum absolute atomic E-state index is 5.95. The van der Waals surface area contributed by atoms with Gasteiger partial charge in [-0.2, -0.15) is 0 Å². The van der Waals surface area contributed by atoms with E-state index in [1.165, 1.54) is 11.1 Å². The SMILES string of the molecule is COc1ccc(OC(C)CN=C(N)Nc2cc(C)cc(C)c2)cc1. The fourth-order valence-corrected chi connectivity index (χ4v) is 2.39. The Morgan fingerprint density at radius 3 is 2.25 bits per heavy atom. The van der Waals surface area contributed by atoms with E-state index in [-0.39, 0.29) is 6.10 Å². The van der Waals surface area contributed by atoms with E-state index in [2.05, 4.69) is 30.2 Å². The molecule has 2 aromatic rings. The number of hydrogen-bond acceptors (Lipinski definition) is 3. The summed E-state index contributed by atoms with van der Waals surface area (Å²) in [5, 5.41) is 3.11. The molecule has 0 saturated carbocycles. The number of aryl methyl sites for hydroxylation is 2. The van der Waals surface area contributed by atoms with E-state index in [4.69, 9.17) is 15.2 Å². The Kier molecular flexibility index (Phi) is 6.07. The van der Waals surface area contributed by atoms with E-state index >= 15 is 0 Å². The topological polar surface area (TPSA) is 68.9 Å². The highest BCUT2D eigenvalue weighted by Gasteiger charge is 2.04. The zero-order valence-electron chi connectivity index (χ0n) is 14.7. The Labute approximate surface area is 143 Å². The molecule has 3 N–H and O–H groups in total. The van der Waals surface area contributed by atoms with Crippen LogP contribution in [-0.4, -0.2) is 25.7 Å². The highest BCUT2D eigenvalue weighted by Crippen LogP contribution is 2.18. The van der Waals surface area contributed by atoms with Crippen LogP contribution in [-0.2, 0) is 0 Å². The van der Waals surface area contributed by atoms with Crippen molar-refractivity contribution in [1.82, 2.24) is 0 Å². The Morgan fingerprint density at radius 2 is 1.67 bits per heavy atom. The summed E-state index contributed by atoms with van der Waals surface area (Å²) in [6.07, 6.45) is -0.0852. The van der Waals surface area contributed by atoms with Gasteiger partial charge in [-0.05, 0) is 68.3 Å². The number of nitrogens with one attached hydrogen (secondary N) is 1. The standard InChI is InChI=1S/C19H25N3O2/c1-13-9-14(2)11-16(10-13)22-19(20)21-12-15(3)24-18-7-5-17(23-4)6-8-18/h5-11,15H,12H2,1-4H3,(H3,20,21,22). The molecule has 128 valence electrons. The number of nitrogens with zero attached hydrogens (tertiary/aromatic N) is 1. The smallest absolute Gasteiger partial charge is 0.193 e. The highest BCUT2D eigenvalue weighted by atomic mass is 16.5. The van der Waals surface area contributed by atoms with Gasteiger partial charge in [0.15, 0.2) is 5.96 Å². The van der Waals surface area contributed by atoms with Crippen molar-refractivity contribution in [1.29, 1.82) is 0 Å². The number of nitrogens with two attached hydrogens (primary N) is 1. The van der Waals surface area contributed by atoms with Crippen LogP contribution in [0.25, 0.3) is 0 Å². The fraction of sp³-hybridized carbons (Fsp3) is 0.316. The summed E-state index contributed by atoms with van der Waals surface area (Å²) in [5.74, 6) is 1.96. The van der Waals surface area contributed by atoms with Crippen molar-refractivity contribution in [3.63, 3.8) is 0 Å². The first kappa shape index (κ1) is 17.7. The molecule has 0 heterocycles. The lowest BCUT2D eigenvalue weighted by molar-refractivity contribution is 0.230. The monoisotopic (exact) mass is 327 g/mol. The van der Waals surface area contributed by atoms with Crippen molar-refractivity contribution in [2.24, 2.45) is 10.7 Å². The molecule has 5 nitrogen and oxygen atoms in total. The second kappa shape index (κ2) is 8.24. The Balaban J connectivity index is 1.88. The fourth-order valence-electron chi connectivity index (χ4n) is 2.39. The summed E-state index contributed by atoms with van der Waals surface area (Å²) in [7, 11) is 1.64. The van der Waals surface area contributed by atoms with Crippen LogP contribution in [0, 0.1) is 13.8 Å². The predicted octanol–water partition coefficient (Wildman–Crippen LogP) is 3.51. The largest absolute Gasteiger partial charge is 0.497 e. The van der Waals surface area contributed by atoms with Crippen LogP contribution in [0.3, 0.4) is 0 Å². The van der Waals surface area contributed by atoms with E-state index in [9.17, 15) is 0 Å². The van der Waals surface area contributed by atoms with E-state index in [1.54, 1.807) is 7.11 Å². The summed E-state index contributed by atoms with van der Waals surface area (Å²) in [6.45, 7) is 6.53. The van der Waals surface area contributed by atoms with E-state index in [1.807, 2.05) is 43.3 Å². The van der Waals surface area contributed by atoms with Gasteiger partial charge in [-0.15, -0.1) is 0 Å². The normalized spacial score (nSPS) is 12.6. The zero-order chi connectivity index (χ0) is 17.5. The minimum absolute atomic E-state index is 0.0852. The third-order valence-corrected chi connectivity index (χ3v) is 3.41. The maximum atomic E-state index is 5.95. The third-order valence-electron chi connectivity index (χ3n) is 3.41. The molecule has 0 bridgehead atoms. The van der Waals surface area contributed by atoms with Gasteiger partial charge in [0.25, 0.3) is 0 Å². The second-order valence-electron chi connectivity index (χ2n) is 5.83. The Bertz CT molecular complexity index is 676. The number of anilines is 1. The minimum Gasteiger partial charge on any atom is -0.497 e. The summed E-state index contributed by atoms with van der Waals surface area (Å²) in [4.78, 5) is 4.34. The van der Waals surface area contributed by atoms with E-state index in [0.29, 0.717) is 12.5 Å².